The topological polar surface area (TPSA) is 71.4 Å². The van der Waals surface area contributed by atoms with Crippen molar-refractivity contribution in [1.82, 2.24) is 29.8 Å². The molecule has 2 N–H and O–H groups in total. The van der Waals surface area contributed by atoms with Crippen molar-refractivity contribution in [3.63, 3.8) is 0 Å². The van der Waals surface area contributed by atoms with Crippen LogP contribution in [0.5, 0.6) is 0 Å². The van der Waals surface area contributed by atoms with Gasteiger partial charge in [-0.25, -0.2) is 15.0 Å². The summed E-state index contributed by atoms with van der Waals surface area (Å²) in [6.45, 7) is 3.93. The molecular formula is C15H18N6. The Hall–Kier alpha value is -2.21. The molecule has 4 heterocycles. The van der Waals surface area contributed by atoms with Crippen LogP contribution in [-0.4, -0.2) is 24.5 Å². The van der Waals surface area contributed by atoms with Crippen LogP contribution in [0.4, 0.5) is 0 Å². The van der Waals surface area contributed by atoms with E-state index in [0.717, 1.165) is 48.6 Å². The molecule has 1 aliphatic heterocycles. The van der Waals surface area contributed by atoms with Crippen LogP contribution in [0.3, 0.4) is 0 Å². The van der Waals surface area contributed by atoms with Crippen LogP contribution >= 0.6 is 0 Å². The first kappa shape index (κ1) is 12.5. The molecule has 6 nitrogen and oxygen atoms in total. The fourth-order valence-corrected chi connectivity index (χ4v) is 3.04. The molecule has 3 aromatic heterocycles. The van der Waals surface area contributed by atoms with E-state index in [1.807, 2.05) is 18.3 Å². The number of fused-ring (bicyclic) bond motifs is 2. The Morgan fingerprint density at radius 3 is 3.24 bits per heavy atom. The van der Waals surface area contributed by atoms with Gasteiger partial charge in [0.05, 0.1) is 23.8 Å². The van der Waals surface area contributed by atoms with Crippen LogP contribution in [0.15, 0.2) is 24.7 Å². The second kappa shape index (κ2) is 4.96. The number of aryl methyl sites for hydroxylation is 1. The Labute approximate surface area is 122 Å². The Balaban J connectivity index is 1.78. The third-order valence-corrected chi connectivity index (χ3v) is 4.02. The SMILES string of the molecule is CCCn1c(C2Cc3nc[nH]c3CN2)nc2cccnc21. The number of nitrogens with zero attached hydrogens (tertiary/aromatic N) is 4. The summed E-state index contributed by atoms with van der Waals surface area (Å²) >= 11 is 0. The second-order valence-electron chi connectivity index (χ2n) is 5.43. The lowest BCUT2D eigenvalue weighted by atomic mass is 10.0. The Kier molecular flexibility index (Phi) is 2.96. The number of imidazole rings is 2. The average molecular weight is 282 g/mol. The molecule has 0 saturated heterocycles. The van der Waals surface area contributed by atoms with Gasteiger partial charge in [-0.05, 0) is 18.6 Å². The molecule has 0 aromatic carbocycles. The van der Waals surface area contributed by atoms with E-state index >= 15 is 0 Å². The zero-order valence-corrected chi connectivity index (χ0v) is 12.0. The van der Waals surface area contributed by atoms with Crippen molar-refractivity contribution in [2.24, 2.45) is 0 Å². The van der Waals surface area contributed by atoms with Gasteiger partial charge in [0, 0.05) is 25.7 Å². The van der Waals surface area contributed by atoms with E-state index in [1.54, 1.807) is 6.33 Å². The molecule has 3 aromatic rings. The van der Waals surface area contributed by atoms with Gasteiger partial charge in [0.2, 0.25) is 0 Å². The van der Waals surface area contributed by atoms with Gasteiger partial charge in [0.25, 0.3) is 0 Å². The lowest BCUT2D eigenvalue weighted by molar-refractivity contribution is 0.448. The first-order valence-corrected chi connectivity index (χ1v) is 7.42. The molecule has 1 aliphatic rings. The van der Waals surface area contributed by atoms with E-state index in [0.29, 0.717) is 0 Å². The highest BCUT2D eigenvalue weighted by Gasteiger charge is 2.26. The van der Waals surface area contributed by atoms with Crippen LogP contribution in [-0.2, 0) is 19.5 Å². The summed E-state index contributed by atoms with van der Waals surface area (Å²) in [5.41, 5.74) is 4.27. The molecule has 0 amide bonds. The van der Waals surface area contributed by atoms with Crippen molar-refractivity contribution in [3.05, 3.63) is 41.9 Å². The Bertz CT molecular complexity index is 771. The number of aromatic amines is 1. The fourth-order valence-electron chi connectivity index (χ4n) is 3.04. The maximum absolute atomic E-state index is 4.81. The standard InChI is InChI=1S/C15H18N6/c1-2-6-21-14-10(4-3-5-16-14)20-15(21)12-7-11-13(8-17-12)19-9-18-11/h3-5,9,12,17H,2,6-8H2,1H3,(H,18,19). The van der Waals surface area contributed by atoms with Gasteiger partial charge in [0.1, 0.15) is 11.3 Å². The van der Waals surface area contributed by atoms with Crippen molar-refractivity contribution in [3.8, 4) is 0 Å². The number of aromatic nitrogens is 5. The van der Waals surface area contributed by atoms with Gasteiger partial charge in [0.15, 0.2) is 5.65 Å². The predicted octanol–water partition coefficient (Wildman–Crippen LogP) is 1.95. The lowest BCUT2D eigenvalue weighted by Gasteiger charge is -2.23. The molecule has 21 heavy (non-hydrogen) atoms. The van der Waals surface area contributed by atoms with Gasteiger partial charge in [-0.2, -0.15) is 0 Å². The van der Waals surface area contributed by atoms with Crippen molar-refractivity contribution >= 4 is 11.2 Å². The molecule has 0 bridgehead atoms. The number of H-pyrrole nitrogens is 1. The molecule has 1 atom stereocenters. The smallest absolute Gasteiger partial charge is 0.160 e. The summed E-state index contributed by atoms with van der Waals surface area (Å²) in [7, 11) is 0. The van der Waals surface area contributed by atoms with E-state index in [1.165, 1.54) is 5.69 Å². The summed E-state index contributed by atoms with van der Waals surface area (Å²) in [5.74, 6) is 1.07. The molecule has 1 unspecified atom stereocenters. The average Bonchev–Trinajstić information content (AvgIpc) is 3.11. The minimum atomic E-state index is 0.196. The van der Waals surface area contributed by atoms with Gasteiger partial charge in [-0.15, -0.1) is 0 Å². The summed E-state index contributed by atoms with van der Waals surface area (Å²) in [5, 5.41) is 3.56. The molecule has 0 spiro atoms. The van der Waals surface area contributed by atoms with E-state index in [2.05, 4.69) is 31.8 Å². The number of rotatable bonds is 3. The largest absolute Gasteiger partial charge is 0.347 e. The molecule has 0 aliphatic carbocycles. The molecule has 4 rings (SSSR count). The number of hydrogen-bond donors (Lipinski definition) is 2. The van der Waals surface area contributed by atoms with Crippen LogP contribution in [0.1, 0.15) is 36.6 Å². The van der Waals surface area contributed by atoms with Gasteiger partial charge in [-0.1, -0.05) is 6.92 Å². The van der Waals surface area contributed by atoms with Crippen LogP contribution in [0.25, 0.3) is 11.2 Å². The van der Waals surface area contributed by atoms with Crippen LogP contribution in [0.2, 0.25) is 0 Å². The third kappa shape index (κ3) is 2.03. The van der Waals surface area contributed by atoms with Crippen molar-refractivity contribution in [2.45, 2.75) is 38.9 Å². The number of nitrogens with one attached hydrogen (secondary N) is 2. The Morgan fingerprint density at radius 1 is 1.38 bits per heavy atom. The summed E-state index contributed by atoms with van der Waals surface area (Å²) in [4.78, 5) is 16.9. The maximum Gasteiger partial charge on any atom is 0.160 e. The molecule has 0 saturated carbocycles. The maximum atomic E-state index is 4.81. The molecule has 6 heteroatoms. The monoisotopic (exact) mass is 282 g/mol. The van der Waals surface area contributed by atoms with Crippen molar-refractivity contribution in [1.29, 1.82) is 0 Å². The molecular weight excluding hydrogens is 264 g/mol. The predicted molar refractivity (Wildman–Crippen MR) is 79.7 cm³/mol. The first-order valence-electron chi connectivity index (χ1n) is 7.42. The summed E-state index contributed by atoms with van der Waals surface area (Å²) in [6.07, 6.45) is 5.53. The highest BCUT2D eigenvalue weighted by atomic mass is 15.2. The summed E-state index contributed by atoms with van der Waals surface area (Å²) in [6, 6.07) is 4.16. The number of pyridine rings is 1. The van der Waals surface area contributed by atoms with E-state index < -0.39 is 0 Å². The highest BCUT2D eigenvalue weighted by Crippen LogP contribution is 2.26. The van der Waals surface area contributed by atoms with Crippen molar-refractivity contribution < 1.29 is 0 Å². The lowest BCUT2D eigenvalue weighted by Crippen LogP contribution is -2.31. The van der Waals surface area contributed by atoms with Gasteiger partial charge in [-0.3, -0.25) is 0 Å². The molecule has 108 valence electrons. The van der Waals surface area contributed by atoms with Crippen molar-refractivity contribution in [2.75, 3.05) is 0 Å². The molecule has 0 radical (unpaired) electrons. The molecule has 0 fully saturated rings. The number of hydrogen-bond acceptors (Lipinski definition) is 4. The minimum Gasteiger partial charge on any atom is -0.347 e. The third-order valence-electron chi connectivity index (χ3n) is 4.02. The van der Waals surface area contributed by atoms with Crippen LogP contribution in [0, 0.1) is 0 Å². The van der Waals surface area contributed by atoms with Gasteiger partial charge >= 0.3 is 0 Å². The second-order valence-corrected chi connectivity index (χ2v) is 5.43. The van der Waals surface area contributed by atoms with E-state index in [9.17, 15) is 0 Å². The fraction of sp³-hybridized carbons (Fsp3) is 0.400. The van der Waals surface area contributed by atoms with E-state index in [4.69, 9.17) is 4.98 Å². The Morgan fingerprint density at radius 2 is 2.33 bits per heavy atom. The zero-order valence-electron chi connectivity index (χ0n) is 12.0. The minimum absolute atomic E-state index is 0.196. The zero-order chi connectivity index (χ0) is 14.2. The normalized spacial score (nSPS) is 18.0. The summed E-state index contributed by atoms with van der Waals surface area (Å²) < 4.78 is 2.24. The first-order chi connectivity index (χ1) is 10.4. The van der Waals surface area contributed by atoms with Gasteiger partial charge < -0.3 is 14.9 Å². The van der Waals surface area contributed by atoms with Crippen LogP contribution < -0.4 is 5.32 Å². The highest BCUT2D eigenvalue weighted by molar-refractivity contribution is 5.71. The van der Waals surface area contributed by atoms with E-state index in [-0.39, 0.29) is 6.04 Å². The quantitative estimate of drug-likeness (QED) is 0.770.